The smallest absolute Gasteiger partial charge is 0.345 e. The van der Waals surface area contributed by atoms with Gasteiger partial charge in [0.1, 0.15) is 11.6 Å². The molecule has 1 atom stereocenters. The highest BCUT2D eigenvalue weighted by Crippen LogP contribution is 2.62. The minimum atomic E-state index is -2.73. The van der Waals surface area contributed by atoms with Gasteiger partial charge in [-0.1, -0.05) is 19.4 Å². The number of nitrogens with zero attached hydrogens (tertiary/aromatic N) is 2. The lowest BCUT2D eigenvalue weighted by Crippen LogP contribution is -2.43. The van der Waals surface area contributed by atoms with E-state index in [1.807, 2.05) is 13.0 Å². The molecule has 1 fully saturated rings. The van der Waals surface area contributed by atoms with Crippen LogP contribution in [0.15, 0.2) is 28.2 Å². The molecular weight excluding hydrogens is 376 g/mol. The van der Waals surface area contributed by atoms with Crippen molar-refractivity contribution in [2.75, 3.05) is 6.61 Å². The molecule has 158 valence electrons. The van der Waals surface area contributed by atoms with Crippen molar-refractivity contribution in [3.63, 3.8) is 0 Å². The zero-order valence-corrected chi connectivity index (χ0v) is 17.1. The van der Waals surface area contributed by atoms with Crippen LogP contribution in [0.2, 0.25) is 0 Å². The number of nitrogens with two attached hydrogens (primary N) is 1. The third-order valence-electron chi connectivity index (χ3n) is 6.66. The maximum absolute atomic E-state index is 12.7. The van der Waals surface area contributed by atoms with Gasteiger partial charge in [0.05, 0.1) is 18.4 Å². The summed E-state index contributed by atoms with van der Waals surface area (Å²) in [7, 11) is 0. The van der Waals surface area contributed by atoms with E-state index in [9.17, 15) is 8.78 Å². The minimum Gasteiger partial charge on any atom is -0.494 e. The third kappa shape index (κ3) is 3.43. The molecular formula is C22H29F2N3O2. The Balaban J connectivity index is 1.68. The van der Waals surface area contributed by atoms with Crippen LogP contribution in [0.1, 0.15) is 63.5 Å². The summed E-state index contributed by atoms with van der Waals surface area (Å²) >= 11 is 0. The van der Waals surface area contributed by atoms with Crippen LogP contribution in [-0.2, 0) is 16.8 Å². The van der Waals surface area contributed by atoms with Crippen LogP contribution >= 0.6 is 0 Å². The number of unbranched alkanes of at least 4 members (excludes halogenated alkanes) is 1. The Morgan fingerprint density at radius 1 is 1.24 bits per heavy atom. The van der Waals surface area contributed by atoms with Crippen LogP contribution in [0.3, 0.4) is 0 Å². The van der Waals surface area contributed by atoms with Crippen molar-refractivity contribution in [1.82, 2.24) is 0 Å². The van der Waals surface area contributed by atoms with Crippen molar-refractivity contribution in [2.24, 2.45) is 21.1 Å². The molecule has 7 heteroatoms. The molecule has 1 unspecified atom stereocenters. The number of amidine groups is 1. The standard InChI is InChI=1S/C22H29F2N3O2/c1-3-4-11-28-17-6-5-15-13-21(9-7-16(8-10-21)29-20(23)24)22(18(15)12-17)26-14(2)19(25)27-22/h5-6,12,16,20H,3-4,7-11,13H2,1-2H3,(H2,25,27). The van der Waals surface area contributed by atoms with Crippen LogP contribution in [0.25, 0.3) is 0 Å². The molecule has 1 heterocycles. The number of halogens is 2. The molecule has 0 radical (unpaired) electrons. The van der Waals surface area contributed by atoms with E-state index < -0.39 is 18.4 Å². The third-order valence-corrected chi connectivity index (χ3v) is 6.66. The summed E-state index contributed by atoms with van der Waals surface area (Å²) in [5.74, 6) is 1.28. The fraction of sp³-hybridized carbons (Fsp3) is 0.636. The Hall–Kier alpha value is -2.02. The van der Waals surface area contributed by atoms with Gasteiger partial charge in [-0.3, -0.25) is 4.99 Å². The second-order valence-electron chi connectivity index (χ2n) is 8.44. The molecule has 1 aliphatic heterocycles. The number of aliphatic imine (C=N–C) groups is 2. The molecule has 2 N–H and O–H groups in total. The van der Waals surface area contributed by atoms with E-state index in [1.165, 1.54) is 5.56 Å². The fourth-order valence-corrected chi connectivity index (χ4v) is 5.12. The summed E-state index contributed by atoms with van der Waals surface area (Å²) in [6.45, 7) is 1.96. The summed E-state index contributed by atoms with van der Waals surface area (Å²) < 4.78 is 36.1. The van der Waals surface area contributed by atoms with Crippen molar-refractivity contribution in [3.8, 4) is 5.75 Å². The predicted molar refractivity (Wildman–Crippen MR) is 109 cm³/mol. The first-order chi connectivity index (χ1) is 13.9. The summed E-state index contributed by atoms with van der Waals surface area (Å²) in [6, 6.07) is 6.16. The Labute approximate surface area is 170 Å². The zero-order chi connectivity index (χ0) is 20.6. The average Bonchev–Trinajstić information content (AvgIpc) is 3.12. The lowest BCUT2D eigenvalue weighted by Gasteiger charge is -2.44. The van der Waals surface area contributed by atoms with Crippen LogP contribution in [0.5, 0.6) is 5.75 Å². The predicted octanol–water partition coefficient (Wildman–Crippen LogP) is 4.57. The van der Waals surface area contributed by atoms with Gasteiger partial charge < -0.3 is 15.2 Å². The quantitative estimate of drug-likeness (QED) is 0.705. The maximum Gasteiger partial charge on any atom is 0.345 e. The van der Waals surface area contributed by atoms with Crippen molar-refractivity contribution in [3.05, 3.63) is 29.3 Å². The normalized spacial score (nSPS) is 30.7. The van der Waals surface area contributed by atoms with Gasteiger partial charge in [-0.15, -0.1) is 0 Å². The maximum atomic E-state index is 12.7. The van der Waals surface area contributed by atoms with Gasteiger partial charge in [-0.05, 0) is 63.1 Å². The number of benzene rings is 1. The van der Waals surface area contributed by atoms with Gasteiger partial charge in [-0.25, -0.2) is 4.99 Å². The lowest BCUT2D eigenvalue weighted by atomic mass is 9.65. The number of rotatable bonds is 6. The fourth-order valence-electron chi connectivity index (χ4n) is 5.12. The first kappa shape index (κ1) is 20.3. The van der Waals surface area contributed by atoms with Gasteiger partial charge in [0.15, 0.2) is 5.66 Å². The van der Waals surface area contributed by atoms with E-state index in [2.05, 4.69) is 19.1 Å². The monoisotopic (exact) mass is 405 g/mol. The molecule has 1 aromatic rings. The molecule has 1 saturated carbocycles. The molecule has 0 bridgehead atoms. The SMILES string of the molecule is CCCCOc1ccc2c(c1)C1(N=C(C)C(N)=N1)C1(CCC(OC(F)F)CC1)C2. The molecule has 1 aromatic carbocycles. The van der Waals surface area contributed by atoms with E-state index >= 15 is 0 Å². The van der Waals surface area contributed by atoms with E-state index in [1.54, 1.807) is 0 Å². The summed E-state index contributed by atoms with van der Waals surface area (Å²) in [4.78, 5) is 9.87. The summed E-state index contributed by atoms with van der Waals surface area (Å²) in [6.07, 6.45) is 5.06. The summed E-state index contributed by atoms with van der Waals surface area (Å²) in [5, 5.41) is 0. The number of alkyl halides is 2. The van der Waals surface area contributed by atoms with Crippen molar-refractivity contribution in [1.29, 1.82) is 0 Å². The topological polar surface area (TPSA) is 69.2 Å². The van der Waals surface area contributed by atoms with E-state index in [4.69, 9.17) is 25.2 Å². The molecule has 0 aromatic heterocycles. The van der Waals surface area contributed by atoms with Crippen molar-refractivity contribution in [2.45, 2.75) is 77.2 Å². The zero-order valence-electron chi connectivity index (χ0n) is 17.1. The summed E-state index contributed by atoms with van der Waals surface area (Å²) in [5.41, 5.74) is 8.10. The van der Waals surface area contributed by atoms with Crippen LogP contribution in [0, 0.1) is 5.41 Å². The largest absolute Gasteiger partial charge is 0.494 e. The van der Waals surface area contributed by atoms with Crippen molar-refractivity contribution >= 4 is 11.5 Å². The number of fused-ring (bicyclic) bond motifs is 3. The average molecular weight is 405 g/mol. The first-order valence-corrected chi connectivity index (χ1v) is 10.5. The van der Waals surface area contributed by atoms with Gasteiger partial charge in [-0.2, -0.15) is 8.78 Å². The molecule has 2 aliphatic carbocycles. The van der Waals surface area contributed by atoms with Crippen LogP contribution < -0.4 is 10.5 Å². The highest BCUT2D eigenvalue weighted by Gasteiger charge is 2.60. The second kappa shape index (κ2) is 7.67. The van der Waals surface area contributed by atoms with Crippen LogP contribution in [-0.4, -0.2) is 30.9 Å². The molecule has 2 spiro atoms. The molecule has 4 rings (SSSR count). The van der Waals surface area contributed by atoms with Gasteiger partial charge >= 0.3 is 6.61 Å². The Kier molecular flexibility index (Phi) is 5.36. The molecule has 29 heavy (non-hydrogen) atoms. The number of ether oxygens (including phenoxy) is 2. The molecule has 0 saturated heterocycles. The molecule has 3 aliphatic rings. The second-order valence-corrected chi connectivity index (χ2v) is 8.44. The number of hydrogen-bond acceptors (Lipinski definition) is 5. The van der Waals surface area contributed by atoms with Crippen LogP contribution in [0.4, 0.5) is 8.78 Å². The Bertz CT molecular complexity index is 811. The first-order valence-electron chi connectivity index (χ1n) is 10.5. The Morgan fingerprint density at radius 2 is 2.00 bits per heavy atom. The van der Waals surface area contributed by atoms with Gasteiger partial charge in [0.2, 0.25) is 0 Å². The minimum absolute atomic E-state index is 0.262. The number of hydrogen-bond donors (Lipinski definition) is 1. The molecule has 0 amide bonds. The van der Waals surface area contributed by atoms with Gasteiger partial charge in [0, 0.05) is 11.0 Å². The van der Waals surface area contributed by atoms with E-state index in [0.717, 1.165) is 49.1 Å². The highest BCUT2D eigenvalue weighted by atomic mass is 19.3. The lowest BCUT2D eigenvalue weighted by molar-refractivity contribution is -0.177. The van der Waals surface area contributed by atoms with E-state index in [-0.39, 0.29) is 5.41 Å². The Morgan fingerprint density at radius 3 is 2.62 bits per heavy atom. The van der Waals surface area contributed by atoms with Crippen molar-refractivity contribution < 1.29 is 18.3 Å². The van der Waals surface area contributed by atoms with Gasteiger partial charge in [0.25, 0.3) is 0 Å². The molecule has 5 nitrogen and oxygen atoms in total. The van der Waals surface area contributed by atoms with E-state index in [0.29, 0.717) is 25.3 Å². The highest BCUT2D eigenvalue weighted by molar-refractivity contribution is 6.41.